The van der Waals surface area contributed by atoms with Gasteiger partial charge in [0.05, 0.1) is 0 Å². The summed E-state index contributed by atoms with van der Waals surface area (Å²) >= 11 is 0. The van der Waals surface area contributed by atoms with E-state index in [0.29, 0.717) is 19.3 Å². The molecule has 0 radical (unpaired) electrons. The summed E-state index contributed by atoms with van der Waals surface area (Å²) in [5.41, 5.74) is 0. The topological polar surface area (TPSA) is 78.9 Å². The zero-order valence-corrected chi connectivity index (χ0v) is 42.2. The maximum absolute atomic E-state index is 12.8. The standard InChI is InChI=1S/C59H98O6/c1-4-7-10-13-16-19-22-25-27-29-31-32-34-37-40-43-46-49-52-58(61)64-55-56(54-63-57(60)51-48-45-42-39-36-24-21-18-15-12-9-6-3)65-59(62)53-50-47-44-41-38-35-33-30-28-26-23-20-17-14-11-8-5-2/h10,13,16,19,22,25-29,31-33,35,41,44,56H,4-9,11-12,14-15,17-18,20-21,23-24,30,34,36-40,42-43,45-55H2,1-3H3/b13-10-,19-16-,25-22-,28-26-,29-27-,32-31-,35-33-,44-41-. The highest BCUT2D eigenvalue weighted by Gasteiger charge is 2.19. The summed E-state index contributed by atoms with van der Waals surface area (Å²) in [6.45, 7) is 6.47. The Morgan fingerprint density at radius 1 is 0.323 bits per heavy atom. The summed E-state index contributed by atoms with van der Waals surface area (Å²) < 4.78 is 16.7. The fraction of sp³-hybridized carbons (Fsp3) is 0.678. The number of carbonyl (C=O) groups excluding carboxylic acids is 3. The lowest BCUT2D eigenvalue weighted by molar-refractivity contribution is -0.167. The molecule has 65 heavy (non-hydrogen) atoms. The van der Waals surface area contributed by atoms with Crippen molar-refractivity contribution >= 4 is 17.9 Å². The molecule has 6 heteroatoms. The molecular formula is C59H98O6. The molecule has 0 amide bonds. The molecule has 0 aromatic rings. The van der Waals surface area contributed by atoms with Crippen LogP contribution < -0.4 is 0 Å². The Bertz CT molecular complexity index is 1310. The van der Waals surface area contributed by atoms with Crippen LogP contribution in [0.5, 0.6) is 0 Å². The molecule has 0 saturated carbocycles. The van der Waals surface area contributed by atoms with Crippen molar-refractivity contribution in [3.05, 3.63) is 97.2 Å². The first-order valence-electron chi connectivity index (χ1n) is 26.8. The Labute approximate surface area is 400 Å². The van der Waals surface area contributed by atoms with Gasteiger partial charge in [-0.2, -0.15) is 0 Å². The highest BCUT2D eigenvalue weighted by atomic mass is 16.6. The van der Waals surface area contributed by atoms with E-state index in [9.17, 15) is 14.4 Å². The lowest BCUT2D eigenvalue weighted by atomic mass is 10.0. The molecule has 0 aromatic heterocycles. The molecule has 0 aliphatic heterocycles. The normalized spacial score (nSPS) is 12.8. The van der Waals surface area contributed by atoms with Gasteiger partial charge in [0.1, 0.15) is 13.2 Å². The van der Waals surface area contributed by atoms with E-state index in [2.05, 4.69) is 93.7 Å². The van der Waals surface area contributed by atoms with Gasteiger partial charge >= 0.3 is 17.9 Å². The number of esters is 3. The second kappa shape index (κ2) is 52.9. The van der Waals surface area contributed by atoms with Crippen LogP contribution in [0.1, 0.15) is 239 Å². The quantitative estimate of drug-likeness (QED) is 0.0199. The molecular weight excluding hydrogens is 805 g/mol. The summed E-state index contributed by atoms with van der Waals surface area (Å²) in [7, 11) is 0. The number of hydrogen-bond acceptors (Lipinski definition) is 6. The van der Waals surface area contributed by atoms with E-state index in [0.717, 1.165) is 83.5 Å². The van der Waals surface area contributed by atoms with Crippen LogP contribution >= 0.6 is 0 Å². The van der Waals surface area contributed by atoms with Crippen molar-refractivity contribution in [1.29, 1.82) is 0 Å². The molecule has 0 heterocycles. The van der Waals surface area contributed by atoms with Crippen LogP contribution in [0.4, 0.5) is 0 Å². The van der Waals surface area contributed by atoms with E-state index in [1.165, 1.54) is 109 Å². The van der Waals surface area contributed by atoms with Gasteiger partial charge in [0.15, 0.2) is 6.10 Å². The predicted octanol–water partition coefficient (Wildman–Crippen LogP) is 17.8. The first kappa shape index (κ1) is 61.3. The number of carbonyl (C=O) groups is 3. The largest absolute Gasteiger partial charge is 0.462 e. The van der Waals surface area contributed by atoms with Crippen molar-refractivity contribution in [3.8, 4) is 0 Å². The van der Waals surface area contributed by atoms with Crippen LogP contribution in [-0.4, -0.2) is 37.2 Å². The van der Waals surface area contributed by atoms with Crippen molar-refractivity contribution in [1.82, 2.24) is 0 Å². The second-order valence-electron chi connectivity index (χ2n) is 17.6. The highest BCUT2D eigenvalue weighted by Crippen LogP contribution is 2.14. The molecule has 1 atom stereocenters. The molecule has 0 saturated heterocycles. The molecule has 0 N–H and O–H groups in total. The van der Waals surface area contributed by atoms with E-state index in [4.69, 9.17) is 14.2 Å². The number of allylic oxidation sites excluding steroid dienone is 16. The Morgan fingerprint density at radius 2 is 0.662 bits per heavy atom. The van der Waals surface area contributed by atoms with E-state index in [1.54, 1.807) is 0 Å². The highest BCUT2D eigenvalue weighted by molar-refractivity contribution is 5.71. The molecule has 0 aliphatic carbocycles. The maximum Gasteiger partial charge on any atom is 0.306 e. The van der Waals surface area contributed by atoms with Gasteiger partial charge in [-0.25, -0.2) is 0 Å². The van der Waals surface area contributed by atoms with Gasteiger partial charge in [-0.05, 0) is 70.6 Å². The van der Waals surface area contributed by atoms with Crippen LogP contribution in [0.15, 0.2) is 97.2 Å². The van der Waals surface area contributed by atoms with E-state index >= 15 is 0 Å². The van der Waals surface area contributed by atoms with Gasteiger partial charge in [-0.3, -0.25) is 14.4 Å². The molecule has 0 bridgehead atoms. The maximum atomic E-state index is 12.8. The first-order valence-corrected chi connectivity index (χ1v) is 26.8. The number of unbranched alkanes of at least 4 members (excludes halogenated alkanes) is 24. The average Bonchev–Trinajstić information content (AvgIpc) is 3.30. The van der Waals surface area contributed by atoms with Gasteiger partial charge in [-0.15, -0.1) is 0 Å². The Kier molecular flexibility index (Phi) is 50.0. The fourth-order valence-electron chi connectivity index (χ4n) is 7.13. The SMILES string of the molecule is CCC\C=C/C=C\C=C/C=C\C=C/CCCCCCCC(=O)OCC(COC(=O)CCCCCCCCCCCCCC)OC(=O)CCC/C=C\C/C=C\C/C=C\CCCCCCCC. The molecule has 6 nitrogen and oxygen atoms in total. The van der Waals surface area contributed by atoms with E-state index < -0.39 is 6.10 Å². The predicted molar refractivity (Wildman–Crippen MR) is 279 cm³/mol. The van der Waals surface area contributed by atoms with Crippen molar-refractivity contribution in [2.75, 3.05) is 13.2 Å². The summed E-state index contributed by atoms with van der Waals surface area (Å²) in [5.74, 6) is -0.985. The van der Waals surface area contributed by atoms with Crippen molar-refractivity contribution in [2.24, 2.45) is 0 Å². The fourth-order valence-corrected chi connectivity index (χ4v) is 7.13. The van der Waals surface area contributed by atoms with Gasteiger partial charge in [0.2, 0.25) is 0 Å². The van der Waals surface area contributed by atoms with Crippen molar-refractivity contribution < 1.29 is 28.6 Å². The third-order valence-electron chi connectivity index (χ3n) is 11.2. The summed E-state index contributed by atoms with van der Waals surface area (Å²) in [5, 5.41) is 0. The van der Waals surface area contributed by atoms with Gasteiger partial charge in [-0.1, -0.05) is 246 Å². The van der Waals surface area contributed by atoms with E-state index in [1.807, 2.05) is 24.3 Å². The Morgan fingerprint density at radius 3 is 1.11 bits per heavy atom. The molecule has 0 fully saturated rings. The second-order valence-corrected chi connectivity index (χ2v) is 17.6. The van der Waals surface area contributed by atoms with Crippen LogP contribution in [0.3, 0.4) is 0 Å². The minimum absolute atomic E-state index is 0.105. The van der Waals surface area contributed by atoms with Crippen LogP contribution in [0.2, 0.25) is 0 Å². The number of hydrogen-bond donors (Lipinski definition) is 0. The van der Waals surface area contributed by atoms with Gasteiger partial charge < -0.3 is 14.2 Å². The smallest absolute Gasteiger partial charge is 0.306 e. The molecule has 0 aromatic carbocycles. The van der Waals surface area contributed by atoms with Gasteiger partial charge in [0, 0.05) is 19.3 Å². The molecule has 0 aliphatic rings. The molecule has 370 valence electrons. The van der Waals surface area contributed by atoms with Crippen molar-refractivity contribution in [3.63, 3.8) is 0 Å². The van der Waals surface area contributed by atoms with Crippen LogP contribution in [-0.2, 0) is 28.6 Å². The third kappa shape index (κ3) is 51.2. The molecule has 0 spiro atoms. The summed E-state index contributed by atoms with van der Waals surface area (Å²) in [6.07, 6.45) is 69.6. The molecule has 1 unspecified atom stereocenters. The third-order valence-corrected chi connectivity index (χ3v) is 11.2. The van der Waals surface area contributed by atoms with Crippen LogP contribution in [0.25, 0.3) is 0 Å². The van der Waals surface area contributed by atoms with Crippen LogP contribution in [0, 0.1) is 0 Å². The summed E-state index contributed by atoms with van der Waals surface area (Å²) in [6, 6.07) is 0. The monoisotopic (exact) mass is 903 g/mol. The summed E-state index contributed by atoms with van der Waals surface area (Å²) in [4.78, 5) is 38.0. The first-order chi connectivity index (χ1) is 32.0. The lowest BCUT2D eigenvalue weighted by Crippen LogP contribution is -2.30. The van der Waals surface area contributed by atoms with Gasteiger partial charge in [0.25, 0.3) is 0 Å². The van der Waals surface area contributed by atoms with Crippen molar-refractivity contribution in [2.45, 2.75) is 245 Å². The minimum Gasteiger partial charge on any atom is -0.462 e. The zero-order valence-electron chi connectivity index (χ0n) is 42.2. The number of ether oxygens (including phenoxy) is 3. The number of rotatable bonds is 47. The zero-order chi connectivity index (χ0) is 47.2. The minimum atomic E-state index is -0.814. The average molecular weight is 903 g/mol. The molecule has 0 rings (SSSR count). The van der Waals surface area contributed by atoms with E-state index in [-0.39, 0.29) is 37.5 Å². The Hall–Kier alpha value is -3.67. The Balaban J connectivity index is 4.52. The lowest BCUT2D eigenvalue weighted by Gasteiger charge is -2.18.